The lowest BCUT2D eigenvalue weighted by molar-refractivity contribution is 0.415. The summed E-state index contributed by atoms with van der Waals surface area (Å²) in [5.74, 6) is 1.93. The van der Waals surface area contributed by atoms with Gasteiger partial charge in [-0.2, -0.15) is 9.61 Å². The van der Waals surface area contributed by atoms with Crippen molar-refractivity contribution in [1.82, 2.24) is 19.6 Å². The van der Waals surface area contributed by atoms with Crippen molar-refractivity contribution < 1.29 is 4.74 Å². The number of ether oxygens (including phenoxy) is 1. The number of fused-ring (bicyclic) bond motifs is 1. The molecule has 0 fully saturated rings. The van der Waals surface area contributed by atoms with Crippen LogP contribution < -0.4 is 15.6 Å². The number of rotatable bonds is 6. The Morgan fingerprint density at radius 3 is 2.43 bits per heavy atom. The zero-order chi connectivity index (χ0) is 25.2. The highest BCUT2D eigenvalue weighted by atomic mass is 16.5. The minimum atomic E-state index is -0.211. The topological polar surface area (TPSA) is 84.3 Å². The highest BCUT2D eigenvalue weighted by molar-refractivity contribution is 5.89. The average molecular weight is 490 g/mol. The number of H-pyrrole nitrogens is 1. The highest BCUT2D eigenvalue weighted by Gasteiger charge is 2.24. The van der Waals surface area contributed by atoms with Gasteiger partial charge in [0.05, 0.1) is 12.7 Å². The molecule has 1 aliphatic rings. The molecular formula is C30H27N5O2. The summed E-state index contributed by atoms with van der Waals surface area (Å²) in [4.78, 5) is 22.1. The molecule has 2 aromatic carbocycles. The standard InChI is InChI=1S/C30H27N5O2/c1-37-23-17-15-21(16-18-23)26-28(32-24-14-8-9-19-31-24)33-29-25(20-10-4-2-5-11-20)27(34-35(29)30(26)36)22-12-6-3-7-13-22/h3,6-10,12-19,33H,2,4-5,11H2,1H3,(H,31,32). The highest BCUT2D eigenvalue weighted by Crippen LogP contribution is 2.37. The molecule has 184 valence electrons. The lowest BCUT2D eigenvalue weighted by Crippen LogP contribution is -2.20. The van der Waals surface area contributed by atoms with Gasteiger partial charge in [0.1, 0.15) is 28.7 Å². The molecule has 7 heteroatoms. The van der Waals surface area contributed by atoms with Crippen LogP contribution in [0.2, 0.25) is 0 Å². The van der Waals surface area contributed by atoms with E-state index in [1.165, 1.54) is 16.5 Å². The van der Waals surface area contributed by atoms with Gasteiger partial charge in [-0.05, 0) is 61.1 Å². The summed E-state index contributed by atoms with van der Waals surface area (Å²) in [5, 5.41) is 8.24. The smallest absolute Gasteiger partial charge is 0.284 e. The van der Waals surface area contributed by atoms with Gasteiger partial charge >= 0.3 is 0 Å². The van der Waals surface area contributed by atoms with E-state index in [9.17, 15) is 4.79 Å². The van der Waals surface area contributed by atoms with E-state index in [4.69, 9.17) is 9.84 Å². The number of nitrogens with one attached hydrogen (secondary N) is 2. The van der Waals surface area contributed by atoms with Crippen LogP contribution in [0.1, 0.15) is 31.2 Å². The Labute approximate surface area is 214 Å². The number of pyridine rings is 1. The number of benzene rings is 2. The summed E-state index contributed by atoms with van der Waals surface area (Å²) in [6.45, 7) is 0. The quantitative estimate of drug-likeness (QED) is 0.286. The summed E-state index contributed by atoms with van der Waals surface area (Å²) in [6.07, 6.45) is 8.27. The minimum absolute atomic E-state index is 0.211. The lowest BCUT2D eigenvalue weighted by atomic mass is 9.92. The first kappa shape index (κ1) is 22.8. The van der Waals surface area contributed by atoms with Gasteiger partial charge in [0, 0.05) is 17.3 Å². The number of nitrogens with zero attached hydrogens (tertiary/aromatic N) is 3. The van der Waals surface area contributed by atoms with Crippen molar-refractivity contribution in [2.75, 3.05) is 12.4 Å². The van der Waals surface area contributed by atoms with Crippen molar-refractivity contribution in [3.63, 3.8) is 0 Å². The van der Waals surface area contributed by atoms with Crippen molar-refractivity contribution in [2.24, 2.45) is 0 Å². The van der Waals surface area contributed by atoms with Crippen LogP contribution in [0.5, 0.6) is 5.75 Å². The van der Waals surface area contributed by atoms with E-state index in [0.29, 0.717) is 22.8 Å². The molecule has 37 heavy (non-hydrogen) atoms. The maximum atomic E-state index is 14.1. The predicted molar refractivity (Wildman–Crippen MR) is 147 cm³/mol. The molecule has 6 rings (SSSR count). The molecule has 2 N–H and O–H groups in total. The molecule has 0 bridgehead atoms. The largest absolute Gasteiger partial charge is 0.497 e. The Balaban J connectivity index is 1.65. The molecule has 0 atom stereocenters. The number of hydrogen-bond acceptors (Lipinski definition) is 5. The Morgan fingerprint density at radius 2 is 1.73 bits per heavy atom. The molecule has 3 aromatic heterocycles. The lowest BCUT2D eigenvalue weighted by Gasteiger charge is -2.15. The molecule has 0 saturated carbocycles. The fraction of sp³-hybridized carbons (Fsp3) is 0.167. The normalized spacial score (nSPS) is 13.4. The second kappa shape index (κ2) is 9.78. The third kappa shape index (κ3) is 4.29. The summed E-state index contributed by atoms with van der Waals surface area (Å²) in [5.41, 5.74) is 5.67. The fourth-order valence-electron chi connectivity index (χ4n) is 4.93. The SMILES string of the molecule is COc1ccc(-c2c(Nc3ccccn3)[nH]c3c(C4=CCCCC4)c(-c4ccccc4)nn3c2=O)cc1. The van der Waals surface area contributed by atoms with E-state index < -0.39 is 0 Å². The van der Waals surface area contributed by atoms with Crippen LogP contribution in [-0.4, -0.2) is 26.7 Å². The first-order chi connectivity index (χ1) is 18.2. The van der Waals surface area contributed by atoms with Gasteiger partial charge in [0.15, 0.2) is 0 Å². The summed E-state index contributed by atoms with van der Waals surface area (Å²) >= 11 is 0. The molecule has 3 heterocycles. The van der Waals surface area contributed by atoms with Crippen molar-refractivity contribution in [2.45, 2.75) is 25.7 Å². The second-order valence-corrected chi connectivity index (χ2v) is 9.07. The second-order valence-electron chi connectivity index (χ2n) is 9.07. The Morgan fingerprint density at radius 1 is 0.919 bits per heavy atom. The maximum absolute atomic E-state index is 14.1. The fourth-order valence-corrected chi connectivity index (χ4v) is 4.93. The van der Waals surface area contributed by atoms with E-state index in [-0.39, 0.29) is 5.56 Å². The van der Waals surface area contributed by atoms with Gasteiger partial charge in [-0.3, -0.25) is 4.79 Å². The van der Waals surface area contributed by atoms with Gasteiger partial charge in [-0.1, -0.05) is 54.6 Å². The zero-order valence-electron chi connectivity index (χ0n) is 20.6. The Kier molecular flexibility index (Phi) is 6.02. The Hall–Kier alpha value is -4.65. The summed E-state index contributed by atoms with van der Waals surface area (Å²) in [7, 11) is 1.62. The first-order valence-electron chi connectivity index (χ1n) is 12.5. The predicted octanol–water partition coefficient (Wildman–Crippen LogP) is 6.46. The van der Waals surface area contributed by atoms with Gasteiger partial charge in [-0.15, -0.1) is 0 Å². The number of aromatic amines is 1. The molecule has 0 saturated heterocycles. The molecule has 5 aromatic rings. The van der Waals surface area contributed by atoms with E-state index in [0.717, 1.165) is 47.4 Å². The van der Waals surface area contributed by atoms with E-state index in [2.05, 4.69) is 21.4 Å². The van der Waals surface area contributed by atoms with Gasteiger partial charge < -0.3 is 15.0 Å². The monoisotopic (exact) mass is 489 g/mol. The zero-order valence-corrected chi connectivity index (χ0v) is 20.6. The molecule has 0 amide bonds. The molecule has 0 unspecified atom stereocenters. The Bertz CT molecular complexity index is 1640. The van der Waals surface area contributed by atoms with Gasteiger partial charge in [0.2, 0.25) is 0 Å². The average Bonchev–Trinajstić information content (AvgIpc) is 3.35. The molecule has 1 aliphatic carbocycles. The number of methoxy groups -OCH3 is 1. The maximum Gasteiger partial charge on any atom is 0.284 e. The molecule has 7 nitrogen and oxygen atoms in total. The van der Waals surface area contributed by atoms with Crippen molar-refractivity contribution >= 4 is 22.9 Å². The molecular weight excluding hydrogens is 462 g/mol. The van der Waals surface area contributed by atoms with Crippen LogP contribution in [0.25, 0.3) is 33.6 Å². The number of allylic oxidation sites excluding steroid dienone is 2. The van der Waals surface area contributed by atoms with Crippen molar-refractivity contribution in [3.05, 3.63) is 101 Å². The summed E-state index contributed by atoms with van der Waals surface area (Å²) < 4.78 is 6.84. The van der Waals surface area contributed by atoms with Crippen LogP contribution in [0.3, 0.4) is 0 Å². The minimum Gasteiger partial charge on any atom is -0.497 e. The number of hydrogen-bond donors (Lipinski definition) is 2. The van der Waals surface area contributed by atoms with Gasteiger partial charge in [0.25, 0.3) is 5.56 Å². The van der Waals surface area contributed by atoms with Crippen LogP contribution in [0.15, 0.2) is 89.9 Å². The molecule has 0 aliphatic heterocycles. The first-order valence-corrected chi connectivity index (χ1v) is 12.5. The van der Waals surface area contributed by atoms with Crippen LogP contribution in [0, 0.1) is 0 Å². The van der Waals surface area contributed by atoms with Crippen molar-refractivity contribution in [1.29, 1.82) is 0 Å². The van der Waals surface area contributed by atoms with E-state index >= 15 is 0 Å². The molecule has 0 spiro atoms. The van der Waals surface area contributed by atoms with Crippen LogP contribution in [0.4, 0.5) is 11.6 Å². The van der Waals surface area contributed by atoms with E-state index in [1.807, 2.05) is 72.8 Å². The van der Waals surface area contributed by atoms with Crippen LogP contribution in [-0.2, 0) is 0 Å². The molecule has 0 radical (unpaired) electrons. The third-order valence-electron chi connectivity index (χ3n) is 6.74. The van der Waals surface area contributed by atoms with Crippen molar-refractivity contribution in [3.8, 4) is 28.1 Å². The number of anilines is 2. The van der Waals surface area contributed by atoms with Gasteiger partial charge in [-0.25, -0.2) is 4.98 Å². The van der Waals surface area contributed by atoms with E-state index in [1.54, 1.807) is 13.3 Å². The number of aromatic nitrogens is 4. The third-order valence-corrected chi connectivity index (χ3v) is 6.74. The van der Waals surface area contributed by atoms with Crippen LogP contribution >= 0.6 is 0 Å². The summed E-state index contributed by atoms with van der Waals surface area (Å²) in [6, 6.07) is 23.1.